The van der Waals surface area contributed by atoms with Crippen LogP contribution in [0, 0.1) is 0 Å². The molecular weight excluding hydrogens is 226 g/mol. The maximum atomic E-state index is 10.4. The highest BCUT2D eigenvalue weighted by Gasteiger charge is 1.97. The van der Waals surface area contributed by atoms with E-state index >= 15 is 0 Å². The number of amides is 1. The summed E-state index contributed by atoms with van der Waals surface area (Å²) >= 11 is 1.46. The van der Waals surface area contributed by atoms with Crippen molar-refractivity contribution in [1.82, 2.24) is 0 Å². The Balaban J connectivity index is 2.19. The lowest BCUT2D eigenvalue weighted by Crippen LogP contribution is -2.14. The summed E-state index contributed by atoms with van der Waals surface area (Å²) < 4.78 is 10.5. The molecule has 16 heavy (non-hydrogen) atoms. The standard InChI is InChI=1S/C11H15NO3S/c1-14-9-2-4-10(5-3-9)15-6-7-16-8-11(12)13/h2-5H,6-8H2,1H3,(H2,12,13). The van der Waals surface area contributed by atoms with Gasteiger partial charge in [-0.15, -0.1) is 11.8 Å². The van der Waals surface area contributed by atoms with E-state index in [9.17, 15) is 4.79 Å². The van der Waals surface area contributed by atoms with Gasteiger partial charge in [0.1, 0.15) is 11.5 Å². The average molecular weight is 241 g/mol. The molecule has 0 radical (unpaired) electrons. The van der Waals surface area contributed by atoms with Crippen LogP contribution in [0.15, 0.2) is 24.3 Å². The van der Waals surface area contributed by atoms with E-state index in [1.165, 1.54) is 11.8 Å². The summed E-state index contributed by atoms with van der Waals surface area (Å²) in [5.41, 5.74) is 5.00. The summed E-state index contributed by atoms with van der Waals surface area (Å²) in [4.78, 5) is 10.4. The Morgan fingerprint density at radius 1 is 1.31 bits per heavy atom. The second-order valence-electron chi connectivity index (χ2n) is 3.04. The number of thioether (sulfide) groups is 1. The predicted molar refractivity (Wildman–Crippen MR) is 65.0 cm³/mol. The van der Waals surface area contributed by atoms with Crippen LogP contribution < -0.4 is 15.2 Å². The number of methoxy groups -OCH3 is 1. The summed E-state index contributed by atoms with van der Waals surface area (Å²) in [5.74, 6) is 2.38. The first-order valence-electron chi connectivity index (χ1n) is 4.85. The summed E-state index contributed by atoms with van der Waals surface area (Å²) in [5, 5.41) is 0. The third-order valence-electron chi connectivity index (χ3n) is 1.80. The van der Waals surface area contributed by atoms with Crippen LogP contribution >= 0.6 is 11.8 Å². The van der Waals surface area contributed by atoms with Crippen LogP contribution in [0.2, 0.25) is 0 Å². The number of nitrogens with two attached hydrogens (primary N) is 1. The molecule has 1 rings (SSSR count). The molecule has 0 spiro atoms. The van der Waals surface area contributed by atoms with Gasteiger partial charge in [0.15, 0.2) is 0 Å². The van der Waals surface area contributed by atoms with Crippen LogP contribution in [0.1, 0.15) is 0 Å². The van der Waals surface area contributed by atoms with Gasteiger partial charge in [-0.2, -0.15) is 0 Å². The van der Waals surface area contributed by atoms with Crippen molar-refractivity contribution in [3.05, 3.63) is 24.3 Å². The van der Waals surface area contributed by atoms with E-state index in [0.717, 1.165) is 17.3 Å². The van der Waals surface area contributed by atoms with E-state index < -0.39 is 0 Å². The van der Waals surface area contributed by atoms with Crippen molar-refractivity contribution >= 4 is 17.7 Å². The first-order valence-corrected chi connectivity index (χ1v) is 6.00. The highest BCUT2D eigenvalue weighted by Crippen LogP contribution is 2.17. The zero-order valence-electron chi connectivity index (χ0n) is 9.14. The van der Waals surface area contributed by atoms with E-state index in [4.69, 9.17) is 15.2 Å². The first kappa shape index (κ1) is 12.7. The minimum Gasteiger partial charge on any atom is -0.497 e. The topological polar surface area (TPSA) is 61.6 Å². The van der Waals surface area contributed by atoms with Crippen LogP contribution in [0.4, 0.5) is 0 Å². The van der Waals surface area contributed by atoms with Gasteiger partial charge in [-0.1, -0.05) is 0 Å². The lowest BCUT2D eigenvalue weighted by atomic mass is 10.3. The number of carbonyl (C=O) groups is 1. The third-order valence-corrected chi connectivity index (χ3v) is 2.74. The van der Waals surface area contributed by atoms with Crippen molar-refractivity contribution < 1.29 is 14.3 Å². The van der Waals surface area contributed by atoms with Crippen LogP contribution in [0.5, 0.6) is 11.5 Å². The second kappa shape index (κ2) is 7.00. The normalized spacial score (nSPS) is 9.81. The molecule has 0 unspecified atom stereocenters. The molecule has 0 aromatic heterocycles. The van der Waals surface area contributed by atoms with Gasteiger partial charge in [-0.3, -0.25) is 4.79 Å². The summed E-state index contributed by atoms with van der Waals surface area (Å²) in [6.45, 7) is 0.560. The van der Waals surface area contributed by atoms with E-state index in [1.807, 2.05) is 24.3 Å². The quantitative estimate of drug-likeness (QED) is 0.731. The molecule has 2 N–H and O–H groups in total. The number of hydrogen-bond donors (Lipinski definition) is 1. The van der Waals surface area contributed by atoms with E-state index in [-0.39, 0.29) is 5.91 Å². The number of primary amides is 1. The predicted octanol–water partition coefficient (Wildman–Crippen LogP) is 1.29. The molecule has 0 aliphatic carbocycles. The van der Waals surface area contributed by atoms with Crippen molar-refractivity contribution in [3.8, 4) is 11.5 Å². The van der Waals surface area contributed by atoms with Gasteiger partial charge < -0.3 is 15.2 Å². The molecule has 4 nitrogen and oxygen atoms in total. The molecule has 88 valence electrons. The van der Waals surface area contributed by atoms with Crippen LogP contribution in [-0.2, 0) is 4.79 Å². The number of hydrogen-bond acceptors (Lipinski definition) is 4. The molecular formula is C11H15NO3S. The van der Waals surface area contributed by atoms with Gasteiger partial charge in [0.2, 0.25) is 5.91 Å². The maximum Gasteiger partial charge on any atom is 0.227 e. The molecule has 5 heteroatoms. The number of rotatable bonds is 7. The van der Waals surface area contributed by atoms with Crippen molar-refractivity contribution in [1.29, 1.82) is 0 Å². The monoisotopic (exact) mass is 241 g/mol. The Morgan fingerprint density at radius 3 is 2.50 bits per heavy atom. The highest BCUT2D eigenvalue weighted by molar-refractivity contribution is 7.99. The zero-order valence-corrected chi connectivity index (χ0v) is 9.96. The Kier molecular flexibility index (Phi) is 5.56. The van der Waals surface area contributed by atoms with E-state index in [0.29, 0.717) is 12.4 Å². The lowest BCUT2D eigenvalue weighted by molar-refractivity contribution is -0.115. The maximum absolute atomic E-state index is 10.4. The van der Waals surface area contributed by atoms with Crippen LogP contribution in [0.3, 0.4) is 0 Å². The fourth-order valence-electron chi connectivity index (χ4n) is 1.06. The number of carbonyl (C=O) groups excluding carboxylic acids is 1. The largest absolute Gasteiger partial charge is 0.497 e. The molecule has 0 aliphatic heterocycles. The van der Waals surface area contributed by atoms with Crippen molar-refractivity contribution in [3.63, 3.8) is 0 Å². The SMILES string of the molecule is COc1ccc(OCCSCC(N)=O)cc1. The van der Waals surface area contributed by atoms with Gasteiger partial charge in [-0.25, -0.2) is 0 Å². The number of benzene rings is 1. The van der Waals surface area contributed by atoms with Gasteiger partial charge in [0.05, 0.1) is 19.5 Å². The molecule has 0 atom stereocenters. The lowest BCUT2D eigenvalue weighted by Gasteiger charge is -2.06. The van der Waals surface area contributed by atoms with Crippen LogP contribution in [-0.4, -0.2) is 31.1 Å². The van der Waals surface area contributed by atoms with Gasteiger partial charge in [-0.05, 0) is 24.3 Å². The number of ether oxygens (including phenoxy) is 2. The van der Waals surface area contributed by atoms with Crippen LogP contribution in [0.25, 0.3) is 0 Å². The van der Waals surface area contributed by atoms with Crippen molar-refractivity contribution in [2.24, 2.45) is 5.73 Å². The molecule has 0 fully saturated rings. The van der Waals surface area contributed by atoms with E-state index in [1.54, 1.807) is 7.11 Å². The third kappa shape index (κ3) is 4.93. The Bertz CT molecular complexity index is 327. The highest BCUT2D eigenvalue weighted by atomic mass is 32.2. The summed E-state index contributed by atoms with van der Waals surface area (Å²) in [7, 11) is 1.62. The Labute approximate surface area is 99.1 Å². The van der Waals surface area contributed by atoms with Crippen molar-refractivity contribution in [2.75, 3.05) is 25.2 Å². The summed E-state index contributed by atoms with van der Waals surface area (Å²) in [6, 6.07) is 7.37. The van der Waals surface area contributed by atoms with E-state index in [2.05, 4.69) is 0 Å². The Morgan fingerprint density at radius 2 is 1.94 bits per heavy atom. The smallest absolute Gasteiger partial charge is 0.227 e. The van der Waals surface area contributed by atoms with Gasteiger partial charge >= 0.3 is 0 Å². The van der Waals surface area contributed by atoms with Crippen molar-refractivity contribution in [2.45, 2.75) is 0 Å². The fourth-order valence-corrected chi connectivity index (χ4v) is 1.61. The zero-order chi connectivity index (χ0) is 11.8. The van der Waals surface area contributed by atoms with Gasteiger partial charge in [0.25, 0.3) is 0 Å². The molecule has 0 saturated heterocycles. The minimum absolute atomic E-state index is 0.297. The molecule has 1 amide bonds. The average Bonchev–Trinajstić information content (AvgIpc) is 2.29. The first-order chi connectivity index (χ1) is 7.72. The molecule has 0 heterocycles. The fraction of sp³-hybridized carbons (Fsp3) is 0.364. The minimum atomic E-state index is -0.297. The molecule has 1 aromatic rings. The van der Waals surface area contributed by atoms with Gasteiger partial charge in [0, 0.05) is 5.75 Å². The molecule has 0 aliphatic rings. The molecule has 1 aromatic carbocycles. The molecule has 0 saturated carbocycles. The Hall–Kier alpha value is -1.36. The second-order valence-corrected chi connectivity index (χ2v) is 4.15. The molecule has 0 bridgehead atoms. The summed E-state index contributed by atoms with van der Waals surface area (Å²) in [6.07, 6.45) is 0.